The summed E-state index contributed by atoms with van der Waals surface area (Å²) in [6.45, 7) is 0.593. The molecule has 1 aromatic heterocycles. The van der Waals surface area contributed by atoms with E-state index < -0.39 is 0 Å². The molecule has 0 aliphatic heterocycles. The molecule has 2 amide bonds. The van der Waals surface area contributed by atoms with Crippen molar-refractivity contribution in [2.45, 2.75) is 6.42 Å². The lowest BCUT2D eigenvalue weighted by Crippen LogP contribution is -2.34. The van der Waals surface area contributed by atoms with E-state index in [1.807, 2.05) is 0 Å². The number of benzene rings is 1. The van der Waals surface area contributed by atoms with Crippen molar-refractivity contribution >= 4 is 22.8 Å². The van der Waals surface area contributed by atoms with Gasteiger partial charge in [0.15, 0.2) is 0 Å². The average Bonchev–Trinajstić information content (AvgIpc) is 2.91. The predicted octanol–water partition coefficient (Wildman–Crippen LogP) is 0.323. The van der Waals surface area contributed by atoms with Gasteiger partial charge >= 0.3 is 0 Å². The van der Waals surface area contributed by atoms with Gasteiger partial charge in [-0.05, 0) is 18.2 Å². The van der Waals surface area contributed by atoms with Crippen LogP contribution in [0, 0.1) is 11.3 Å². The summed E-state index contributed by atoms with van der Waals surface area (Å²) in [5.41, 5.74) is 2.11. The van der Waals surface area contributed by atoms with Gasteiger partial charge in [0.1, 0.15) is 6.42 Å². The zero-order valence-corrected chi connectivity index (χ0v) is 10.6. The van der Waals surface area contributed by atoms with Crippen LogP contribution in [-0.4, -0.2) is 34.9 Å². The lowest BCUT2D eigenvalue weighted by atomic mass is 10.2. The number of nitriles is 1. The van der Waals surface area contributed by atoms with E-state index in [0.29, 0.717) is 18.7 Å². The Morgan fingerprint density at radius 3 is 2.90 bits per heavy atom. The van der Waals surface area contributed by atoms with Crippen LogP contribution in [0.5, 0.6) is 0 Å². The molecule has 0 atom stereocenters. The fraction of sp³-hybridized carbons (Fsp3) is 0.231. The zero-order chi connectivity index (χ0) is 14.4. The molecule has 0 spiro atoms. The fourth-order valence-corrected chi connectivity index (χ4v) is 1.69. The second-order valence-corrected chi connectivity index (χ2v) is 4.08. The van der Waals surface area contributed by atoms with Gasteiger partial charge in [0, 0.05) is 18.7 Å². The van der Waals surface area contributed by atoms with Gasteiger partial charge in [-0.25, -0.2) is 4.98 Å². The number of fused-ring (bicyclic) bond motifs is 1. The molecular weight excluding hydrogens is 258 g/mol. The number of hydrogen-bond donors (Lipinski definition) is 3. The maximum absolute atomic E-state index is 11.9. The van der Waals surface area contributed by atoms with Crippen LogP contribution in [0.2, 0.25) is 0 Å². The van der Waals surface area contributed by atoms with Crippen molar-refractivity contribution < 1.29 is 9.59 Å². The van der Waals surface area contributed by atoms with Crippen LogP contribution in [0.1, 0.15) is 16.8 Å². The summed E-state index contributed by atoms with van der Waals surface area (Å²) in [4.78, 5) is 29.9. The van der Waals surface area contributed by atoms with Gasteiger partial charge in [-0.15, -0.1) is 0 Å². The van der Waals surface area contributed by atoms with E-state index in [1.54, 1.807) is 30.6 Å². The quantitative estimate of drug-likeness (QED) is 0.680. The third-order valence-electron chi connectivity index (χ3n) is 2.65. The second kappa shape index (κ2) is 6.33. The van der Waals surface area contributed by atoms with Crippen LogP contribution >= 0.6 is 0 Å². The highest BCUT2D eigenvalue weighted by Crippen LogP contribution is 2.11. The Morgan fingerprint density at radius 2 is 2.10 bits per heavy atom. The molecule has 1 aromatic carbocycles. The van der Waals surface area contributed by atoms with Gasteiger partial charge in [-0.1, -0.05) is 0 Å². The van der Waals surface area contributed by atoms with E-state index in [0.717, 1.165) is 11.0 Å². The molecule has 20 heavy (non-hydrogen) atoms. The van der Waals surface area contributed by atoms with Crippen molar-refractivity contribution in [1.82, 2.24) is 20.6 Å². The normalized spacial score (nSPS) is 9.95. The Hall–Kier alpha value is -2.88. The monoisotopic (exact) mass is 271 g/mol. The van der Waals surface area contributed by atoms with E-state index in [-0.39, 0.29) is 18.2 Å². The molecule has 0 bridgehead atoms. The second-order valence-electron chi connectivity index (χ2n) is 4.08. The van der Waals surface area contributed by atoms with Crippen molar-refractivity contribution in [3.63, 3.8) is 0 Å². The number of aromatic nitrogens is 2. The van der Waals surface area contributed by atoms with Gasteiger partial charge in [0.2, 0.25) is 5.91 Å². The first-order valence-corrected chi connectivity index (χ1v) is 6.05. The van der Waals surface area contributed by atoms with Crippen LogP contribution in [-0.2, 0) is 4.79 Å². The predicted molar refractivity (Wildman–Crippen MR) is 71.7 cm³/mol. The summed E-state index contributed by atoms with van der Waals surface area (Å²) in [7, 11) is 0. The minimum atomic E-state index is -0.347. The number of rotatable bonds is 5. The van der Waals surface area contributed by atoms with E-state index >= 15 is 0 Å². The third-order valence-corrected chi connectivity index (χ3v) is 2.65. The lowest BCUT2D eigenvalue weighted by molar-refractivity contribution is -0.120. The highest BCUT2D eigenvalue weighted by Gasteiger charge is 2.07. The third kappa shape index (κ3) is 3.32. The Morgan fingerprint density at radius 1 is 1.30 bits per heavy atom. The Kier molecular flexibility index (Phi) is 4.29. The van der Waals surface area contributed by atoms with E-state index in [9.17, 15) is 9.59 Å². The summed E-state index contributed by atoms with van der Waals surface area (Å²) < 4.78 is 0. The standard InChI is InChI=1S/C13H13N5O2/c14-4-3-12(19)15-5-6-16-13(20)9-1-2-10-11(7-9)18-8-17-10/h1-2,7-8H,3,5-6H2,(H,15,19)(H,16,20)(H,17,18). The average molecular weight is 271 g/mol. The van der Waals surface area contributed by atoms with Crippen molar-refractivity contribution in [3.05, 3.63) is 30.1 Å². The van der Waals surface area contributed by atoms with Crippen molar-refractivity contribution in [3.8, 4) is 6.07 Å². The first kappa shape index (κ1) is 13.5. The van der Waals surface area contributed by atoms with Gasteiger partial charge in [-0.3, -0.25) is 9.59 Å². The minimum Gasteiger partial charge on any atom is -0.353 e. The highest BCUT2D eigenvalue weighted by atomic mass is 16.2. The number of carbonyl (C=O) groups excluding carboxylic acids is 2. The number of aromatic amines is 1. The largest absolute Gasteiger partial charge is 0.353 e. The molecule has 0 fully saturated rings. The summed E-state index contributed by atoms with van der Waals surface area (Å²) in [5.74, 6) is -0.573. The van der Waals surface area contributed by atoms with Gasteiger partial charge < -0.3 is 15.6 Å². The minimum absolute atomic E-state index is 0.176. The van der Waals surface area contributed by atoms with Gasteiger partial charge in [0.25, 0.3) is 5.91 Å². The number of H-pyrrole nitrogens is 1. The molecule has 0 radical (unpaired) electrons. The molecule has 0 unspecified atom stereocenters. The lowest BCUT2D eigenvalue weighted by Gasteiger charge is -2.06. The Balaban J connectivity index is 1.83. The van der Waals surface area contributed by atoms with E-state index in [4.69, 9.17) is 5.26 Å². The Labute approximate surface area is 115 Å². The smallest absolute Gasteiger partial charge is 0.251 e. The number of nitrogens with zero attached hydrogens (tertiary/aromatic N) is 2. The van der Waals surface area contributed by atoms with Crippen LogP contribution in [0.4, 0.5) is 0 Å². The van der Waals surface area contributed by atoms with Crippen molar-refractivity contribution in [2.75, 3.05) is 13.1 Å². The van der Waals surface area contributed by atoms with Crippen molar-refractivity contribution in [2.24, 2.45) is 0 Å². The SMILES string of the molecule is N#CCC(=O)NCCNC(=O)c1ccc2nc[nH]c2c1. The number of amides is 2. The number of carbonyl (C=O) groups is 2. The summed E-state index contributed by atoms with van der Waals surface area (Å²) in [6.07, 6.45) is 1.39. The number of imidazole rings is 1. The molecule has 0 aliphatic carbocycles. The van der Waals surface area contributed by atoms with Crippen molar-refractivity contribution in [1.29, 1.82) is 5.26 Å². The summed E-state index contributed by atoms with van der Waals surface area (Å²) in [5, 5.41) is 13.5. The molecule has 7 heteroatoms. The number of hydrogen-bond acceptors (Lipinski definition) is 4. The molecule has 2 rings (SSSR count). The summed E-state index contributed by atoms with van der Waals surface area (Å²) >= 11 is 0. The molecule has 0 saturated carbocycles. The van der Waals surface area contributed by atoms with Crippen LogP contribution in [0.25, 0.3) is 11.0 Å². The van der Waals surface area contributed by atoms with Gasteiger partial charge in [0.05, 0.1) is 23.4 Å². The van der Waals surface area contributed by atoms with Crippen LogP contribution in [0.3, 0.4) is 0 Å². The maximum Gasteiger partial charge on any atom is 0.251 e. The molecule has 102 valence electrons. The molecule has 3 N–H and O–H groups in total. The molecule has 2 aromatic rings. The maximum atomic E-state index is 11.9. The molecule has 0 aliphatic rings. The zero-order valence-electron chi connectivity index (χ0n) is 10.6. The Bertz CT molecular complexity index is 671. The molecule has 7 nitrogen and oxygen atoms in total. The van der Waals surface area contributed by atoms with E-state index in [1.165, 1.54) is 0 Å². The first-order chi connectivity index (χ1) is 9.70. The molecular formula is C13H13N5O2. The van der Waals surface area contributed by atoms with Gasteiger partial charge in [-0.2, -0.15) is 5.26 Å². The van der Waals surface area contributed by atoms with Crippen LogP contribution < -0.4 is 10.6 Å². The molecule has 1 heterocycles. The number of nitrogens with one attached hydrogen (secondary N) is 3. The van der Waals surface area contributed by atoms with E-state index in [2.05, 4.69) is 20.6 Å². The first-order valence-electron chi connectivity index (χ1n) is 6.05. The topological polar surface area (TPSA) is 111 Å². The fourth-order valence-electron chi connectivity index (χ4n) is 1.69. The highest BCUT2D eigenvalue weighted by molar-refractivity contribution is 5.97. The van der Waals surface area contributed by atoms with Crippen LogP contribution in [0.15, 0.2) is 24.5 Å². The molecule has 0 saturated heterocycles. The summed E-state index contributed by atoms with van der Waals surface area (Å²) in [6, 6.07) is 6.91.